The summed E-state index contributed by atoms with van der Waals surface area (Å²) in [5.74, 6) is 0.0977. The van der Waals surface area contributed by atoms with E-state index < -0.39 is 0 Å². The van der Waals surface area contributed by atoms with Gasteiger partial charge in [-0.2, -0.15) is 0 Å². The second kappa shape index (κ2) is 6.57. The largest absolute Gasteiger partial charge is 0.399 e. The first-order valence-corrected chi connectivity index (χ1v) is 7.03. The molecule has 1 heterocycles. The molecule has 0 saturated carbocycles. The van der Waals surface area contributed by atoms with Crippen molar-refractivity contribution in [2.24, 2.45) is 0 Å². The summed E-state index contributed by atoms with van der Waals surface area (Å²) in [7, 11) is 0. The SMILES string of the molecule is CCN1CCC(NC(=O)Cc2cccc(N)c2)CC1. The molecule has 1 aromatic carbocycles. The van der Waals surface area contributed by atoms with E-state index in [-0.39, 0.29) is 5.91 Å². The fourth-order valence-corrected chi connectivity index (χ4v) is 2.56. The highest BCUT2D eigenvalue weighted by Crippen LogP contribution is 2.11. The van der Waals surface area contributed by atoms with E-state index in [4.69, 9.17) is 5.73 Å². The Morgan fingerprint density at radius 2 is 2.16 bits per heavy atom. The summed E-state index contributed by atoms with van der Waals surface area (Å²) in [5.41, 5.74) is 7.40. The Morgan fingerprint density at radius 3 is 2.79 bits per heavy atom. The molecule has 0 radical (unpaired) electrons. The van der Waals surface area contributed by atoms with Crippen LogP contribution in [0.5, 0.6) is 0 Å². The standard InChI is InChI=1S/C15H23N3O/c1-2-18-8-6-14(7-9-18)17-15(19)11-12-4-3-5-13(16)10-12/h3-5,10,14H,2,6-9,11,16H2,1H3,(H,17,19). The molecule has 1 fully saturated rings. The highest BCUT2D eigenvalue weighted by Gasteiger charge is 2.19. The van der Waals surface area contributed by atoms with Gasteiger partial charge in [-0.15, -0.1) is 0 Å². The Morgan fingerprint density at radius 1 is 1.42 bits per heavy atom. The normalized spacial score (nSPS) is 17.3. The van der Waals surface area contributed by atoms with Crippen LogP contribution in [-0.4, -0.2) is 36.5 Å². The summed E-state index contributed by atoms with van der Waals surface area (Å²) in [6.45, 7) is 5.45. The van der Waals surface area contributed by atoms with Gasteiger partial charge in [-0.1, -0.05) is 19.1 Å². The van der Waals surface area contributed by atoms with E-state index >= 15 is 0 Å². The van der Waals surface area contributed by atoms with Gasteiger partial charge in [0.15, 0.2) is 0 Å². The van der Waals surface area contributed by atoms with Crippen LogP contribution in [0.25, 0.3) is 0 Å². The lowest BCUT2D eigenvalue weighted by molar-refractivity contribution is -0.121. The van der Waals surface area contributed by atoms with Gasteiger partial charge in [-0.3, -0.25) is 4.79 Å². The highest BCUT2D eigenvalue weighted by atomic mass is 16.1. The minimum absolute atomic E-state index is 0.0977. The Bertz CT molecular complexity index is 425. The first-order chi connectivity index (χ1) is 9.17. The number of rotatable bonds is 4. The molecule has 1 aromatic rings. The van der Waals surface area contributed by atoms with Crippen LogP contribution in [0.2, 0.25) is 0 Å². The fraction of sp³-hybridized carbons (Fsp3) is 0.533. The van der Waals surface area contributed by atoms with Gasteiger partial charge in [-0.05, 0) is 37.1 Å². The third-order valence-corrected chi connectivity index (χ3v) is 3.72. The first-order valence-electron chi connectivity index (χ1n) is 7.03. The molecular weight excluding hydrogens is 238 g/mol. The second-order valence-corrected chi connectivity index (χ2v) is 5.20. The number of nitrogens with zero attached hydrogens (tertiary/aromatic N) is 1. The monoisotopic (exact) mass is 261 g/mol. The zero-order chi connectivity index (χ0) is 13.7. The van der Waals surface area contributed by atoms with Crippen molar-refractivity contribution < 1.29 is 4.79 Å². The Kier molecular flexibility index (Phi) is 4.80. The van der Waals surface area contributed by atoms with E-state index in [1.54, 1.807) is 0 Å². The van der Waals surface area contributed by atoms with Crippen LogP contribution in [0.4, 0.5) is 5.69 Å². The van der Waals surface area contributed by atoms with Gasteiger partial charge in [0, 0.05) is 24.8 Å². The number of hydrogen-bond donors (Lipinski definition) is 2. The number of amides is 1. The maximum Gasteiger partial charge on any atom is 0.224 e. The van der Waals surface area contributed by atoms with Gasteiger partial charge in [0.2, 0.25) is 5.91 Å². The molecule has 4 nitrogen and oxygen atoms in total. The third kappa shape index (κ3) is 4.24. The number of nitrogen functional groups attached to an aromatic ring is 1. The van der Waals surface area contributed by atoms with Crippen molar-refractivity contribution in [2.45, 2.75) is 32.2 Å². The van der Waals surface area contributed by atoms with Crippen LogP contribution in [-0.2, 0) is 11.2 Å². The first kappa shape index (κ1) is 13.9. The van der Waals surface area contributed by atoms with Gasteiger partial charge in [0.05, 0.1) is 6.42 Å². The second-order valence-electron chi connectivity index (χ2n) is 5.20. The zero-order valence-electron chi connectivity index (χ0n) is 11.6. The average molecular weight is 261 g/mol. The lowest BCUT2D eigenvalue weighted by Crippen LogP contribution is -2.44. The number of hydrogen-bond acceptors (Lipinski definition) is 3. The number of nitrogens with two attached hydrogens (primary N) is 1. The molecule has 104 valence electrons. The van der Waals surface area contributed by atoms with Gasteiger partial charge >= 0.3 is 0 Å². The van der Waals surface area contributed by atoms with Crippen molar-refractivity contribution >= 4 is 11.6 Å². The van der Waals surface area contributed by atoms with E-state index in [0.717, 1.165) is 38.0 Å². The van der Waals surface area contributed by atoms with Crippen molar-refractivity contribution in [3.05, 3.63) is 29.8 Å². The number of anilines is 1. The molecule has 1 saturated heterocycles. The minimum atomic E-state index is 0.0977. The van der Waals surface area contributed by atoms with Crippen LogP contribution < -0.4 is 11.1 Å². The predicted octanol–water partition coefficient (Wildman–Crippen LogP) is 1.41. The van der Waals surface area contributed by atoms with Gasteiger partial charge in [0.25, 0.3) is 0 Å². The average Bonchev–Trinajstić information content (AvgIpc) is 2.39. The molecule has 0 aromatic heterocycles. The Hall–Kier alpha value is -1.55. The van der Waals surface area contributed by atoms with Crippen molar-refractivity contribution in [1.29, 1.82) is 0 Å². The summed E-state index contributed by atoms with van der Waals surface area (Å²) in [6.07, 6.45) is 2.52. The maximum atomic E-state index is 12.0. The zero-order valence-corrected chi connectivity index (χ0v) is 11.6. The highest BCUT2D eigenvalue weighted by molar-refractivity contribution is 5.79. The number of carbonyl (C=O) groups is 1. The molecule has 0 atom stereocenters. The maximum absolute atomic E-state index is 12.0. The molecule has 0 spiro atoms. The van der Waals surface area contributed by atoms with Crippen molar-refractivity contribution in [1.82, 2.24) is 10.2 Å². The van der Waals surface area contributed by atoms with Crippen LogP contribution in [0, 0.1) is 0 Å². The predicted molar refractivity (Wildman–Crippen MR) is 77.8 cm³/mol. The molecule has 3 N–H and O–H groups in total. The summed E-state index contributed by atoms with van der Waals surface area (Å²) < 4.78 is 0. The Labute approximate surface area is 115 Å². The number of benzene rings is 1. The summed E-state index contributed by atoms with van der Waals surface area (Å²) in [6, 6.07) is 7.85. The van der Waals surface area contributed by atoms with Gasteiger partial charge in [-0.25, -0.2) is 0 Å². The van der Waals surface area contributed by atoms with E-state index in [1.807, 2.05) is 24.3 Å². The van der Waals surface area contributed by atoms with E-state index in [9.17, 15) is 4.79 Å². The van der Waals surface area contributed by atoms with Crippen LogP contribution in [0.15, 0.2) is 24.3 Å². The smallest absolute Gasteiger partial charge is 0.224 e. The van der Waals surface area contributed by atoms with E-state index in [2.05, 4.69) is 17.1 Å². The lowest BCUT2D eigenvalue weighted by Gasteiger charge is -2.31. The third-order valence-electron chi connectivity index (χ3n) is 3.72. The van der Waals surface area contributed by atoms with Gasteiger partial charge < -0.3 is 16.0 Å². The number of likely N-dealkylation sites (tertiary alicyclic amines) is 1. The molecule has 2 rings (SSSR count). The van der Waals surface area contributed by atoms with E-state index in [1.165, 1.54) is 0 Å². The number of carbonyl (C=O) groups excluding carboxylic acids is 1. The number of nitrogens with one attached hydrogen (secondary N) is 1. The molecule has 0 aliphatic carbocycles. The van der Waals surface area contributed by atoms with Crippen LogP contribution in [0.3, 0.4) is 0 Å². The number of piperidine rings is 1. The molecule has 1 aliphatic heterocycles. The topological polar surface area (TPSA) is 58.4 Å². The van der Waals surface area contributed by atoms with E-state index in [0.29, 0.717) is 18.2 Å². The lowest BCUT2D eigenvalue weighted by atomic mass is 10.0. The quantitative estimate of drug-likeness (QED) is 0.806. The van der Waals surface area contributed by atoms with Gasteiger partial charge in [0.1, 0.15) is 0 Å². The molecule has 1 aliphatic rings. The minimum Gasteiger partial charge on any atom is -0.399 e. The molecule has 1 amide bonds. The summed E-state index contributed by atoms with van der Waals surface area (Å²) >= 11 is 0. The van der Waals surface area contributed by atoms with Crippen molar-refractivity contribution in [2.75, 3.05) is 25.4 Å². The molecule has 19 heavy (non-hydrogen) atoms. The van der Waals surface area contributed by atoms with Crippen LogP contribution in [0.1, 0.15) is 25.3 Å². The molecule has 4 heteroatoms. The fourth-order valence-electron chi connectivity index (χ4n) is 2.56. The molecular formula is C15H23N3O. The Balaban J connectivity index is 1.79. The summed E-state index contributed by atoms with van der Waals surface area (Å²) in [5, 5.41) is 3.13. The summed E-state index contributed by atoms with van der Waals surface area (Å²) in [4.78, 5) is 14.4. The van der Waals surface area contributed by atoms with Crippen LogP contribution >= 0.6 is 0 Å². The molecule has 0 unspecified atom stereocenters. The van der Waals surface area contributed by atoms with Crippen molar-refractivity contribution in [3.8, 4) is 0 Å². The molecule has 0 bridgehead atoms. The van der Waals surface area contributed by atoms with Crippen molar-refractivity contribution in [3.63, 3.8) is 0 Å².